The molecule has 29 heavy (non-hydrogen) atoms. The second-order valence-corrected chi connectivity index (χ2v) is 8.59. The Labute approximate surface area is 173 Å². The van der Waals surface area contributed by atoms with E-state index in [0.717, 1.165) is 30.4 Å². The summed E-state index contributed by atoms with van der Waals surface area (Å²) in [6, 6.07) is 4.13. The third-order valence-electron chi connectivity index (χ3n) is 4.83. The van der Waals surface area contributed by atoms with Gasteiger partial charge in [-0.15, -0.1) is 11.3 Å². The SMILES string of the molecule is CN1CCCN(C(=O)c2cnn3c(C(F)(F)F)cc(-c4ccc(Cl)s4)nc23)CC1. The van der Waals surface area contributed by atoms with E-state index in [1.165, 1.54) is 6.20 Å². The summed E-state index contributed by atoms with van der Waals surface area (Å²) in [6.07, 6.45) is -2.70. The molecule has 4 rings (SSSR count). The minimum Gasteiger partial charge on any atom is -0.337 e. The Hall–Kier alpha value is -2.17. The Bertz CT molecular complexity index is 1060. The van der Waals surface area contributed by atoms with Gasteiger partial charge in [-0.2, -0.15) is 18.3 Å². The summed E-state index contributed by atoms with van der Waals surface area (Å²) in [4.78, 5) is 21.6. The van der Waals surface area contributed by atoms with E-state index in [1.807, 2.05) is 7.05 Å². The van der Waals surface area contributed by atoms with Crippen molar-refractivity contribution in [3.8, 4) is 10.6 Å². The minimum absolute atomic E-state index is 0.0598. The molecular formula is C18H17ClF3N5OS. The Morgan fingerprint density at radius 3 is 2.69 bits per heavy atom. The Morgan fingerprint density at radius 1 is 1.21 bits per heavy atom. The zero-order valence-corrected chi connectivity index (χ0v) is 17.0. The number of likely N-dealkylation sites (N-methyl/N-ethyl adjacent to an activating group) is 1. The number of thiophene rings is 1. The predicted molar refractivity (Wildman–Crippen MR) is 104 cm³/mol. The summed E-state index contributed by atoms with van der Waals surface area (Å²) in [6.45, 7) is 2.59. The lowest BCUT2D eigenvalue weighted by atomic mass is 10.2. The highest BCUT2D eigenvalue weighted by Gasteiger charge is 2.36. The van der Waals surface area contributed by atoms with Gasteiger partial charge in [0.15, 0.2) is 11.3 Å². The molecule has 0 atom stereocenters. The van der Waals surface area contributed by atoms with E-state index in [2.05, 4.69) is 15.0 Å². The Kier molecular flexibility index (Phi) is 5.26. The maximum Gasteiger partial charge on any atom is 0.433 e. The molecule has 1 fully saturated rings. The number of alkyl halides is 3. The second-order valence-electron chi connectivity index (χ2n) is 6.87. The van der Waals surface area contributed by atoms with Gasteiger partial charge in [0.1, 0.15) is 5.56 Å². The molecule has 3 aromatic heterocycles. The van der Waals surface area contributed by atoms with Crippen LogP contribution in [0.25, 0.3) is 16.2 Å². The first-order valence-electron chi connectivity index (χ1n) is 8.93. The maximum absolute atomic E-state index is 13.7. The summed E-state index contributed by atoms with van der Waals surface area (Å²) < 4.78 is 42.1. The van der Waals surface area contributed by atoms with Gasteiger partial charge in [0.25, 0.3) is 5.91 Å². The molecule has 0 bridgehead atoms. The van der Waals surface area contributed by atoms with Crippen molar-refractivity contribution in [2.45, 2.75) is 12.6 Å². The van der Waals surface area contributed by atoms with Crippen LogP contribution in [0, 0.1) is 0 Å². The number of fused-ring (bicyclic) bond motifs is 1. The van der Waals surface area contributed by atoms with Gasteiger partial charge >= 0.3 is 6.18 Å². The summed E-state index contributed by atoms with van der Waals surface area (Å²) in [5, 5.41) is 3.83. The molecule has 1 amide bonds. The van der Waals surface area contributed by atoms with Crippen LogP contribution in [0.2, 0.25) is 4.34 Å². The zero-order chi connectivity index (χ0) is 20.8. The highest BCUT2D eigenvalue weighted by atomic mass is 35.5. The molecule has 6 nitrogen and oxygen atoms in total. The van der Waals surface area contributed by atoms with E-state index in [1.54, 1.807) is 17.0 Å². The van der Waals surface area contributed by atoms with Crippen molar-refractivity contribution >= 4 is 34.5 Å². The fourth-order valence-electron chi connectivity index (χ4n) is 3.31. The quantitative estimate of drug-likeness (QED) is 0.602. The van der Waals surface area contributed by atoms with Gasteiger partial charge < -0.3 is 9.80 Å². The molecule has 0 spiro atoms. The van der Waals surface area contributed by atoms with Crippen LogP contribution in [0.15, 0.2) is 24.4 Å². The first-order valence-corrected chi connectivity index (χ1v) is 10.1. The van der Waals surface area contributed by atoms with Crippen LogP contribution in [0.4, 0.5) is 13.2 Å². The first-order chi connectivity index (χ1) is 13.7. The second kappa shape index (κ2) is 7.58. The van der Waals surface area contributed by atoms with Gasteiger partial charge in [0.2, 0.25) is 0 Å². The van der Waals surface area contributed by atoms with E-state index in [4.69, 9.17) is 11.6 Å². The smallest absolute Gasteiger partial charge is 0.337 e. The fourth-order valence-corrected chi connectivity index (χ4v) is 4.32. The third kappa shape index (κ3) is 3.96. The number of carbonyl (C=O) groups excluding carboxylic acids is 1. The number of halogens is 4. The molecule has 1 aliphatic rings. The number of nitrogens with zero attached hydrogens (tertiary/aromatic N) is 5. The first kappa shape index (κ1) is 20.1. The molecular weight excluding hydrogens is 427 g/mol. The van der Waals surface area contributed by atoms with Crippen molar-refractivity contribution in [3.63, 3.8) is 0 Å². The number of carbonyl (C=O) groups is 1. The van der Waals surface area contributed by atoms with Gasteiger partial charge in [0, 0.05) is 19.6 Å². The topological polar surface area (TPSA) is 53.7 Å². The molecule has 0 radical (unpaired) electrons. The van der Waals surface area contributed by atoms with Crippen molar-refractivity contribution in [3.05, 3.63) is 40.0 Å². The van der Waals surface area contributed by atoms with Crippen molar-refractivity contribution < 1.29 is 18.0 Å². The van der Waals surface area contributed by atoms with Crippen molar-refractivity contribution in [1.29, 1.82) is 0 Å². The zero-order valence-electron chi connectivity index (χ0n) is 15.4. The van der Waals surface area contributed by atoms with E-state index in [0.29, 0.717) is 33.4 Å². The van der Waals surface area contributed by atoms with Gasteiger partial charge in [-0.1, -0.05) is 11.6 Å². The lowest BCUT2D eigenvalue weighted by Gasteiger charge is -2.20. The molecule has 1 saturated heterocycles. The molecule has 0 aliphatic carbocycles. The third-order valence-corrected chi connectivity index (χ3v) is 6.08. The van der Waals surface area contributed by atoms with Crippen LogP contribution >= 0.6 is 22.9 Å². The highest BCUT2D eigenvalue weighted by molar-refractivity contribution is 7.19. The van der Waals surface area contributed by atoms with Crippen LogP contribution in [-0.2, 0) is 6.18 Å². The molecule has 0 unspecified atom stereocenters. The number of amides is 1. The van der Waals surface area contributed by atoms with Crippen LogP contribution in [0.1, 0.15) is 22.5 Å². The number of aromatic nitrogens is 3. The average Bonchev–Trinajstić information content (AvgIpc) is 3.22. The Balaban J connectivity index is 1.82. The largest absolute Gasteiger partial charge is 0.433 e. The van der Waals surface area contributed by atoms with Crippen molar-refractivity contribution in [2.75, 3.05) is 33.2 Å². The van der Waals surface area contributed by atoms with E-state index in [-0.39, 0.29) is 22.8 Å². The molecule has 1 aliphatic heterocycles. The van der Waals surface area contributed by atoms with Crippen molar-refractivity contribution in [1.82, 2.24) is 24.4 Å². The van der Waals surface area contributed by atoms with Gasteiger partial charge in [-0.3, -0.25) is 4.79 Å². The van der Waals surface area contributed by atoms with Crippen LogP contribution in [0.3, 0.4) is 0 Å². The number of hydrogen-bond acceptors (Lipinski definition) is 5. The average molecular weight is 444 g/mol. The molecule has 0 N–H and O–H groups in total. The molecule has 0 aromatic carbocycles. The van der Waals surface area contributed by atoms with E-state index in [9.17, 15) is 18.0 Å². The highest BCUT2D eigenvalue weighted by Crippen LogP contribution is 2.35. The van der Waals surface area contributed by atoms with Gasteiger partial charge in [0.05, 0.1) is 21.1 Å². The lowest BCUT2D eigenvalue weighted by Crippen LogP contribution is -2.34. The molecule has 11 heteroatoms. The summed E-state index contributed by atoms with van der Waals surface area (Å²) >= 11 is 7.06. The summed E-state index contributed by atoms with van der Waals surface area (Å²) in [7, 11) is 1.97. The molecule has 0 saturated carbocycles. The van der Waals surface area contributed by atoms with Crippen LogP contribution < -0.4 is 0 Å². The van der Waals surface area contributed by atoms with Crippen LogP contribution in [0.5, 0.6) is 0 Å². The normalized spacial score (nSPS) is 16.4. The Morgan fingerprint density at radius 2 is 2.00 bits per heavy atom. The number of hydrogen-bond donors (Lipinski definition) is 0. The van der Waals surface area contributed by atoms with E-state index < -0.39 is 11.9 Å². The molecule has 4 heterocycles. The van der Waals surface area contributed by atoms with Crippen molar-refractivity contribution in [2.24, 2.45) is 0 Å². The predicted octanol–water partition coefficient (Wildman–Crippen LogP) is 3.91. The minimum atomic E-state index is -4.66. The molecule has 3 aromatic rings. The monoisotopic (exact) mass is 443 g/mol. The van der Waals surface area contributed by atoms with Gasteiger partial charge in [-0.05, 0) is 38.2 Å². The van der Waals surface area contributed by atoms with Gasteiger partial charge in [-0.25, -0.2) is 9.50 Å². The fraction of sp³-hybridized carbons (Fsp3) is 0.389. The molecule has 154 valence electrons. The summed E-state index contributed by atoms with van der Waals surface area (Å²) in [5.74, 6) is -0.364. The lowest BCUT2D eigenvalue weighted by molar-refractivity contribution is -0.142. The summed E-state index contributed by atoms with van der Waals surface area (Å²) in [5.41, 5.74) is -0.935. The van der Waals surface area contributed by atoms with E-state index >= 15 is 0 Å². The standard InChI is InChI=1S/C18H17ClF3N5OS/c1-25-5-2-6-26(8-7-25)17(28)11-10-23-27-14(18(20,21)22)9-12(24-16(11)27)13-3-4-15(19)29-13/h3-4,9-10H,2,5-8H2,1H3. The number of rotatable bonds is 2. The van der Waals surface area contributed by atoms with Crippen LogP contribution in [-0.4, -0.2) is 63.5 Å². The maximum atomic E-state index is 13.7.